The number of hydrogen-bond donors (Lipinski definition) is 3. The van der Waals surface area contributed by atoms with Crippen LogP contribution in [0.25, 0.3) is 0 Å². The van der Waals surface area contributed by atoms with Gasteiger partial charge in [0.25, 0.3) is 0 Å². The Morgan fingerprint density at radius 2 is 1.93 bits per heavy atom. The van der Waals surface area contributed by atoms with Crippen molar-refractivity contribution in [3.8, 4) is 5.75 Å². The van der Waals surface area contributed by atoms with Gasteiger partial charge in [0.15, 0.2) is 5.84 Å². The van der Waals surface area contributed by atoms with Crippen molar-refractivity contribution in [2.45, 2.75) is 18.6 Å². The molecule has 0 aliphatic rings. The number of anilines is 2. The van der Waals surface area contributed by atoms with Crippen LogP contribution in [0.1, 0.15) is 6.92 Å². The molecule has 0 saturated heterocycles. The van der Waals surface area contributed by atoms with E-state index >= 15 is 0 Å². The Bertz CT molecular complexity index is 783. The first kappa shape index (κ1) is 20.1. The van der Waals surface area contributed by atoms with Gasteiger partial charge in [-0.25, -0.2) is 0 Å². The molecule has 0 amide bonds. The molecule has 0 fully saturated rings. The predicted molar refractivity (Wildman–Crippen MR) is 110 cm³/mol. The predicted octanol–water partition coefficient (Wildman–Crippen LogP) is 1.77. The summed E-state index contributed by atoms with van der Waals surface area (Å²) in [7, 11) is 1.56. The Labute approximate surface area is 159 Å². The zero-order valence-electron chi connectivity index (χ0n) is 15.6. The first-order valence-corrected chi connectivity index (χ1v) is 8.37. The van der Waals surface area contributed by atoms with E-state index in [1.807, 2.05) is 49.4 Å². The Hall–Kier alpha value is -3.26. The molecule has 2 rings (SSSR count). The molecule has 0 aliphatic carbocycles. The van der Waals surface area contributed by atoms with E-state index in [-0.39, 0.29) is 12.4 Å². The maximum atomic E-state index is 6.27. The quantitative estimate of drug-likeness (QED) is 0.203. The number of amidine groups is 1. The van der Waals surface area contributed by atoms with E-state index in [0.29, 0.717) is 11.4 Å². The van der Waals surface area contributed by atoms with Gasteiger partial charge in [-0.1, -0.05) is 24.3 Å². The highest BCUT2D eigenvalue weighted by atomic mass is 16.5. The molecule has 8 nitrogen and oxygen atoms in total. The fourth-order valence-electron chi connectivity index (χ4n) is 2.71. The average molecular weight is 370 g/mol. The Morgan fingerprint density at radius 1 is 1.22 bits per heavy atom. The first-order valence-electron chi connectivity index (χ1n) is 8.37. The van der Waals surface area contributed by atoms with Gasteiger partial charge in [0.1, 0.15) is 11.9 Å². The Morgan fingerprint density at radius 3 is 2.48 bits per heavy atom. The van der Waals surface area contributed by atoms with Crippen molar-refractivity contribution in [2.75, 3.05) is 24.4 Å². The highest BCUT2D eigenvalue weighted by molar-refractivity contribution is 5.90. The minimum atomic E-state index is -1.23. The van der Waals surface area contributed by atoms with Crippen molar-refractivity contribution in [2.24, 2.45) is 21.8 Å². The molecule has 2 aromatic carbocycles. The number of nitrogens with two attached hydrogens (primary N) is 3. The van der Waals surface area contributed by atoms with Crippen LogP contribution in [0.15, 0.2) is 64.8 Å². The van der Waals surface area contributed by atoms with Crippen LogP contribution in [0.2, 0.25) is 0 Å². The molecular formula is C19H26N6O2. The molecule has 27 heavy (non-hydrogen) atoms. The van der Waals surface area contributed by atoms with Gasteiger partial charge >= 0.3 is 0 Å². The maximum Gasteiger partial charge on any atom is 0.212 e. The third-order valence-electron chi connectivity index (χ3n) is 4.35. The van der Waals surface area contributed by atoms with E-state index in [1.54, 1.807) is 24.3 Å². The molecule has 0 aromatic heterocycles. The van der Waals surface area contributed by atoms with Crippen LogP contribution in [-0.2, 0) is 4.74 Å². The number of rotatable bonds is 9. The lowest BCUT2D eigenvalue weighted by Gasteiger charge is -2.40. The van der Waals surface area contributed by atoms with Gasteiger partial charge in [0.05, 0.1) is 12.2 Å². The summed E-state index contributed by atoms with van der Waals surface area (Å²) in [6, 6.07) is 16.5. The Balaban J connectivity index is 2.50. The molecule has 2 aromatic rings. The monoisotopic (exact) mass is 370 g/mol. The van der Waals surface area contributed by atoms with Gasteiger partial charge in [0.2, 0.25) is 5.60 Å². The van der Waals surface area contributed by atoms with Gasteiger partial charge < -0.3 is 26.8 Å². The summed E-state index contributed by atoms with van der Waals surface area (Å²) in [6.45, 7) is 5.63. The normalized spacial score (nSPS) is 14.8. The van der Waals surface area contributed by atoms with E-state index in [1.165, 1.54) is 0 Å². The van der Waals surface area contributed by atoms with Crippen molar-refractivity contribution < 1.29 is 9.47 Å². The van der Waals surface area contributed by atoms with Gasteiger partial charge in [-0.05, 0) is 37.3 Å². The van der Waals surface area contributed by atoms with Crippen LogP contribution in [0.5, 0.6) is 5.75 Å². The van der Waals surface area contributed by atoms with E-state index < -0.39 is 11.7 Å². The minimum absolute atomic E-state index is 0.0678. The number of hydrazone groups is 2. The summed E-state index contributed by atoms with van der Waals surface area (Å²) in [5, 5.41) is 9.42. The van der Waals surface area contributed by atoms with Crippen molar-refractivity contribution in [3.63, 3.8) is 0 Å². The molecule has 0 heterocycles. The minimum Gasteiger partial charge on any atom is -0.475 e. The number of ether oxygens (including phenoxy) is 2. The molecule has 6 N–H and O–H groups in total. The summed E-state index contributed by atoms with van der Waals surface area (Å²) in [4.78, 5) is 0. The molecule has 0 bridgehead atoms. The topological polar surface area (TPSA) is 124 Å². The lowest BCUT2D eigenvalue weighted by Crippen LogP contribution is -2.63. The summed E-state index contributed by atoms with van der Waals surface area (Å²) in [6.07, 6.45) is -0.504. The molecule has 0 saturated carbocycles. The highest BCUT2D eigenvalue weighted by Crippen LogP contribution is 2.28. The number of para-hydroxylation sites is 1. The summed E-state index contributed by atoms with van der Waals surface area (Å²) in [5.41, 5.74) is 12.2. The van der Waals surface area contributed by atoms with E-state index in [9.17, 15) is 0 Å². The lowest BCUT2D eigenvalue weighted by molar-refractivity contribution is -0.0188. The number of nitrogens with zero attached hydrogens (tertiary/aromatic N) is 3. The summed E-state index contributed by atoms with van der Waals surface area (Å²) in [5.74, 6) is 6.18. The van der Waals surface area contributed by atoms with Gasteiger partial charge in [-0.2, -0.15) is 10.2 Å². The van der Waals surface area contributed by atoms with Crippen molar-refractivity contribution in [3.05, 3.63) is 54.6 Å². The van der Waals surface area contributed by atoms with Crippen molar-refractivity contribution in [1.29, 1.82) is 0 Å². The molecule has 8 heteroatoms. The standard InChI is InChI=1S/C19H26N6O2/c1-14(26-3)19(18(21)24-22,27-17-10-5-4-6-11-17)13-25(23-2)16-9-7-8-15(20)12-16/h4-12,14H,2,13,20,22H2,1,3H3,(H2,21,24)/t14-,19?/m0/s1. The average Bonchev–Trinajstić information content (AvgIpc) is 2.70. The second-order valence-corrected chi connectivity index (χ2v) is 5.99. The summed E-state index contributed by atoms with van der Waals surface area (Å²) < 4.78 is 11.8. The SMILES string of the molecule is C=NN(CC(Oc1ccccc1)(/C(N)=N\N)[C@H](C)OC)c1cccc(N)c1. The van der Waals surface area contributed by atoms with E-state index in [2.05, 4.69) is 16.9 Å². The van der Waals surface area contributed by atoms with E-state index in [4.69, 9.17) is 26.8 Å². The zero-order valence-corrected chi connectivity index (χ0v) is 15.6. The smallest absolute Gasteiger partial charge is 0.212 e. The lowest BCUT2D eigenvalue weighted by atomic mass is 9.94. The molecule has 1 unspecified atom stereocenters. The largest absolute Gasteiger partial charge is 0.475 e. The van der Waals surface area contributed by atoms with Crippen LogP contribution in [0, 0.1) is 0 Å². The van der Waals surface area contributed by atoms with Crippen LogP contribution in [-0.4, -0.2) is 37.9 Å². The zero-order chi connectivity index (χ0) is 19.9. The Kier molecular flexibility index (Phi) is 6.62. The number of methoxy groups -OCH3 is 1. The molecule has 0 spiro atoms. The highest BCUT2D eigenvalue weighted by Gasteiger charge is 2.46. The number of hydrogen-bond acceptors (Lipinski definition) is 7. The van der Waals surface area contributed by atoms with Gasteiger partial charge in [-0.15, -0.1) is 0 Å². The second kappa shape index (κ2) is 8.91. The molecular weight excluding hydrogens is 344 g/mol. The van der Waals surface area contributed by atoms with Gasteiger partial charge in [0, 0.05) is 19.5 Å². The third kappa shape index (κ3) is 4.48. The third-order valence-corrected chi connectivity index (χ3v) is 4.35. The number of nitrogen functional groups attached to an aromatic ring is 1. The first-order chi connectivity index (χ1) is 13.0. The van der Waals surface area contributed by atoms with Crippen molar-refractivity contribution in [1.82, 2.24) is 0 Å². The van der Waals surface area contributed by atoms with E-state index in [0.717, 1.165) is 5.69 Å². The van der Waals surface area contributed by atoms with Crippen molar-refractivity contribution >= 4 is 23.9 Å². The molecule has 0 radical (unpaired) electrons. The van der Waals surface area contributed by atoms with Crippen LogP contribution in [0.4, 0.5) is 11.4 Å². The fraction of sp³-hybridized carbons (Fsp3) is 0.263. The maximum absolute atomic E-state index is 6.27. The van der Waals surface area contributed by atoms with Gasteiger partial charge in [-0.3, -0.25) is 5.01 Å². The van der Waals surface area contributed by atoms with Crippen LogP contribution in [0.3, 0.4) is 0 Å². The molecule has 0 aliphatic heterocycles. The number of benzene rings is 2. The molecule has 2 atom stereocenters. The fourth-order valence-corrected chi connectivity index (χ4v) is 2.71. The van der Waals surface area contributed by atoms with Crippen LogP contribution >= 0.6 is 0 Å². The summed E-state index contributed by atoms with van der Waals surface area (Å²) >= 11 is 0. The molecule has 144 valence electrons. The second-order valence-electron chi connectivity index (χ2n) is 5.99. The van der Waals surface area contributed by atoms with Crippen LogP contribution < -0.4 is 27.1 Å².